The first kappa shape index (κ1) is 34.9. The molecule has 3 aliphatic rings. The van der Waals surface area contributed by atoms with E-state index in [1.54, 1.807) is 13.0 Å². The summed E-state index contributed by atoms with van der Waals surface area (Å²) >= 11 is 0. The van der Waals surface area contributed by atoms with Gasteiger partial charge in [0.25, 0.3) is 0 Å². The molecule has 4 rings (SSSR count). The average Bonchev–Trinajstić information content (AvgIpc) is 3.78. The summed E-state index contributed by atoms with van der Waals surface area (Å²) in [5.41, 5.74) is 4.22. The number of carbonyl (C=O) groups is 5. The molecule has 0 saturated heterocycles. The van der Waals surface area contributed by atoms with Crippen LogP contribution < -0.4 is 21.7 Å². The third kappa shape index (κ3) is 6.49. The maximum Gasteiger partial charge on any atom is 0.338 e. The van der Waals surface area contributed by atoms with Crippen LogP contribution >= 0.6 is 0 Å². The largest absolute Gasteiger partial charge is 0.453 e. The predicted molar refractivity (Wildman–Crippen MR) is 165 cm³/mol. The number of aliphatic hydroxyl groups is 1. The molecule has 3 aliphatic carbocycles. The van der Waals surface area contributed by atoms with Crippen LogP contribution in [-0.4, -0.2) is 98.8 Å². The van der Waals surface area contributed by atoms with Gasteiger partial charge in [0, 0.05) is 42.1 Å². The van der Waals surface area contributed by atoms with Crippen LogP contribution in [0.2, 0.25) is 0 Å². The van der Waals surface area contributed by atoms with E-state index >= 15 is 0 Å². The molecule has 3 amide bonds. The first-order valence-corrected chi connectivity index (χ1v) is 16.3. The molecule has 46 heavy (non-hydrogen) atoms. The van der Waals surface area contributed by atoms with Crippen LogP contribution in [0.3, 0.4) is 0 Å². The van der Waals surface area contributed by atoms with Gasteiger partial charge in [0.1, 0.15) is 11.7 Å². The Labute approximate surface area is 267 Å². The Morgan fingerprint density at radius 2 is 1.57 bits per heavy atom. The van der Waals surface area contributed by atoms with Crippen LogP contribution in [0.1, 0.15) is 50.9 Å². The van der Waals surface area contributed by atoms with E-state index < -0.39 is 56.2 Å². The minimum Gasteiger partial charge on any atom is -0.453 e. The van der Waals surface area contributed by atoms with Crippen LogP contribution in [0, 0.1) is 10.8 Å². The van der Waals surface area contributed by atoms with Gasteiger partial charge < -0.3 is 31.5 Å². The highest BCUT2D eigenvalue weighted by Gasteiger charge is 2.66. The molecule has 1 fully saturated rings. The summed E-state index contributed by atoms with van der Waals surface area (Å²) in [6.45, 7) is 6.06. The molecule has 0 bridgehead atoms. The van der Waals surface area contributed by atoms with E-state index in [-0.39, 0.29) is 49.0 Å². The fourth-order valence-corrected chi connectivity index (χ4v) is 7.24. The fourth-order valence-electron chi connectivity index (χ4n) is 6.07. The second kappa shape index (κ2) is 12.7. The lowest BCUT2D eigenvalue weighted by atomic mass is 9.67. The van der Waals surface area contributed by atoms with E-state index in [1.807, 2.05) is 20.8 Å². The minimum atomic E-state index is -3.98. The number of carbonyl (C=O) groups excluding carboxylic acids is 5. The van der Waals surface area contributed by atoms with Crippen molar-refractivity contribution in [3.8, 4) is 0 Å². The van der Waals surface area contributed by atoms with Crippen molar-refractivity contribution in [1.82, 2.24) is 20.3 Å². The van der Waals surface area contributed by atoms with Crippen molar-refractivity contribution < 1.29 is 42.2 Å². The molecule has 1 spiro atoms. The van der Waals surface area contributed by atoms with Crippen LogP contribution in [-0.2, 0) is 33.9 Å². The predicted octanol–water partition coefficient (Wildman–Crippen LogP) is -0.464. The number of nitrogens with zero attached hydrogens (tertiary/aromatic N) is 1. The lowest BCUT2D eigenvalue weighted by molar-refractivity contribution is -0.138. The maximum atomic E-state index is 13.3. The highest BCUT2D eigenvalue weighted by atomic mass is 32.2. The minimum absolute atomic E-state index is 0.0412. The number of nitrogens with two attached hydrogens (primary N) is 1. The first-order chi connectivity index (χ1) is 21.4. The highest BCUT2D eigenvalue weighted by Crippen LogP contribution is 2.65. The van der Waals surface area contributed by atoms with Gasteiger partial charge in [-0.3, -0.25) is 19.2 Å². The smallest absolute Gasteiger partial charge is 0.338 e. The Morgan fingerprint density at radius 1 is 1.00 bits per heavy atom. The Hall–Kier alpha value is -3.92. The van der Waals surface area contributed by atoms with Gasteiger partial charge in [-0.1, -0.05) is 25.5 Å². The van der Waals surface area contributed by atoms with Crippen LogP contribution in [0.25, 0.3) is 0 Å². The van der Waals surface area contributed by atoms with Crippen molar-refractivity contribution in [2.24, 2.45) is 16.6 Å². The Morgan fingerprint density at radius 3 is 2.13 bits per heavy atom. The van der Waals surface area contributed by atoms with E-state index in [0.717, 1.165) is 9.88 Å². The number of rotatable bonds is 12. The number of likely N-dealkylation sites (N-methyl/N-ethyl adjacent to an activating group) is 1. The molecule has 6 N–H and O–H groups in total. The molecular formula is C31H41N5O9S. The number of benzene rings is 1. The number of nitrogens with one attached hydrogen (secondary N) is 3. The summed E-state index contributed by atoms with van der Waals surface area (Å²) in [6, 6.07) is 5.27. The molecule has 14 nitrogen and oxygen atoms in total. The highest BCUT2D eigenvalue weighted by molar-refractivity contribution is 7.89. The molecule has 0 radical (unpaired) electrons. The molecule has 0 aromatic heterocycles. The van der Waals surface area contributed by atoms with E-state index in [4.69, 9.17) is 10.5 Å². The van der Waals surface area contributed by atoms with Gasteiger partial charge in [-0.2, -0.15) is 4.31 Å². The van der Waals surface area contributed by atoms with Crippen molar-refractivity contribution >= 4 is 39.5 Å². The zero-order chi connectivity index (χ0) is 34.2. The summed E-state index contributed by atoms with van der Waals surface area (Å²) in [5, 5.41) is 18.2. The number of fused-ring (bicyclic) bond motifs is 1. The molecule has 1 aromatic carbocycles. The molecular weight excluding hydrogens is 618 g/mol. The van der Waals surface area contributed by atoms with E-state index in [9.17, 15) is 37.5 Å². The molecule has 0 heterocycles. The number of esters is 1. The number of Topliss-reactive ketones (excluding diaryl/α,β-unsaturated/α-hetero) is 1. The standard InChI is InChI=1S/C31H41N5O9S/c1-18-25-21(26(40)30(4,42)31(18)10-11-31)14-29(2,3)27(25)45-28(41)19-6-8-20(9-7-19)46(43,44)36(5)13-12-33-23(38)16-35-24(39)17-34-22(37)15-32/h6-9,14,27,42H,10-13,15-17,32H2,1-5H3,(H,33,38)(H,34,37)(H,35,39). The number of amides is 3. The monoisotopic (exact) mass is 659 g/mol. The normalized spacial score (nSPS) is 22.7. The summed E-state index contributed by atoms with van der Waals surface area (Å²) in [4.78, 5) is 61.2. The Kier molecular flexibility index (Phi) is 9.65. The summed E-state index contributed by atoms with van der Waals surface area (Å²) in [7, 11) is -2.64. The molecule has 0 aliphatic heterocycles. The van der Waals surface area contributed by atoms with Gasteiger partial charge in [-0.15, -0.1) is 0 Å². The SMILES string of the molecule is CC1=C2C(=CC(C)(C)C2OC(=O)c2ccc(S(=O)(=O)N(C)CCNC(=O)CNC(=O)CNC(=O)CN)cc2)C(=O)C(C)(O)C12CC2. The summed E-state index contributed by atoms with van der Waals surface area (Å²) < 4.78 is 33.2. The molecule has 15 heteroatoms. The van der Waals surface area contributed by atoms with Crippen LogP contribution in [0.4, 0.5) is 0 Å². The summed E-state index contributed by atoms with van der Waals surface area (Å²) in [5.74, 6) is -2.71. The molecule has 250 valence electrons. The van der Waals surface area contributed by atoms with Gasteiger partial charge in [-0.05, 0) is 51.0 Å². The van der Waals surface area contributed by atoms with Crippen molar-refractivity contribution in [1.29, 1.82) is 0 Å². The maximum absolute atomic E-state index is 13.3. The van der Waals surface area contributed by atoms with E-state index in [2.05, 4.69) is 16.0 Å². The number of hydrogen-bond donors (Lipinski definition) is 5. The second-order valence-electron chi connectivity index (χ2n) is 12.6. The first-order valence-electron chi connectivity index (χ1n) is 14.9. The van der Waals surface area contributed by atoms with Gasteiger partial charge in [-0.25, -0.2) is 13.2 Å². The van der Waals surface area contributed by atoms with Crippen molar-refractivity contribution in [3.63, 3.8) is 0 Å². The van der Waals surface area contributed by atoms with Gasteiger partial charge in [0.2, 0.25) is 27.7 Å². The Bertz CT molecular complexity index is 1620. The van der Waals surface area contributed by atoms with Gasteiger partial charge in [0.15, 0.2) is 5.78 Å². The lowest BCUT2D eigenvalue weighted by Crippen LogP contribution is -2.50. The lowest BCUT2D eigenvalue weighted by Gasteiger charge is -2.40. The molecule has 1 aromatic rings. The molecule has 2 unspecified atom stereocenters. The quantitative estimate of drug-likeness (QED) is 0.182. The number of hydrogen-bond acceptors (Lipinski definition) is 10. The zero-order valence-electron chi connectivity index (χ0n) is 26.6. The average molecular weight is 660 g/mol. The number of sulfonamides is 1. The van der Waals surface area contributed by atoms with Gasteiger partial charge >= 0.3 is 5.97 Å². The van der Waals surface area contributed by atoms with Crippen LogP contribution in [0.5, 0.6) is 0 Å². The van der Waals surface area contributed by atoms with E-state index in [1.165, 1.54) is 31.3 Å². The molecule has 2 atom stereocenters. The second-order valence-corrected chi connectivity index (χ2v) is 14.7. The number of ketones is 1. The van der Waals surface area contributed by atoms with Crippen LogP contribution in [0.15, 0.2) is 52.0 Å². The van der Waals surface area contributed by atoms with E-state index in [0.29, 0.717) is 24.0 Å². The third-order valence-corrected chi connectivity index (χ3v) is 11.0. The fraction of sp³-hybridized carbons (Fsp3) is 0.516. The summed E-state index contributed by atoms with van der Waals surface area (Å²) in [6.07, 6.45) is 2.33. The molecule has 1 saturated carbocycles. The Balaban J connectivity index is 1.34. The topological polar surface area (TPSA) is 214 Å². The van der Waals surface area contributed by atoms with Gasteiger partial charge in [0.05, 0.1) is 30.1 Å². The zero-order valence-corrected chi connectivity index (χ0v) is 27.4. The third-order valence-electron chi connectivity index (χ3n) is 9.08. The van der Waals surface area contributed by atoms with Crippen molar-refractivity contribution in [3.05, 3.63) is 52.6 Å². The van der Waals surface area contributed by atoms with Crippen molar-refractivity contribution in [2.75, 3.05) is 39.8 Å². The number of ether oxygens (including phenoxy) is 1. The van der Waals surface area contributed by atoms with Crippen molar-refractivity contribution in [2.45, 2.75) is 57.1 Å².